The van der Waals surface area contributed by atoms with Gasteiger partial charge in [-0.05, 0) is 69.6 Å². The van der Waals surface area contributed by atoms with E-state index in [9.17, 15) is 0 Å². The summed E-state index contributed by atoms with van der Waals surface area (Å²) >= 11 is 0. The maximum Gasteiger partial charge on any atom is -0.00930 e. The molecule has 0 radical (unpaired) electrons. The fourth-order valence-electron chi connectivity index (χ4n) is 4.10. The van der Waals surface area contributed by atoms with Crippen LogP contribution in [0.1, 0.15) is 23.1 Å². The van der Waals surface area contributed by atoms with Gasteiger partial charge in [-0.25, -0.2) is 0 Å². The van der Waals surface area contributed by atoms with Crippen LogP contribution in [-0.4, -0.2) is 0 Å². The van der Waals surface area contributed by atoms with Gasteiger partial charge in [-0.2, -0.15) is 0 Å². The van der Waals surface area contributed by atoms with E-state index in [1.807, 2.05) is 0 Å². The molecule has 4 aromatic rings. The van der Waals surface area contributed by atoms with Gasteiger partial charge in [0.25, 0.3) is 0 Å². The topological polar surface area (TPSA) is 0 Å². The molecule has 0 atom stereocenters. The Morgan fingerprint density at radius 2 is 1.44 bits per heavy atom. The zero-order chi connectivity index (χ0) is 16.8. The van der Waals surface area contributed by atoms with Gasteiger partial charge in [-0.15, -0.1) is 0 Å². The van der Waals surface area contributed by atoms with Crippen LogP contribution in [0.4, 0.5) is 0 Å². The van der Waals surface area contributed by atoms with E-state index in [4.69, 9.17) is 0 Å². The number of hydrogen-bond acceptors (Lipinski definition) is 0. The summed E-state index contributed by atoms with van der Waals surface area (Å²) in [6.45, 7) is 2.14. The Labute approximate surface area is 148 Å². The van der Waals surface area contributed by atoms with Crippen LogP contribution in [-0.2, 0) is 6.42 Å². The molecule has 0 fully saturated rings. The number of allylic oxidation sites excluding steroid dienone is 1. The van der Waals surface area contributed by atoms with Gasteiger partial charge in [0, 0.05) is 0 Å². The summed E-state index contributed by atoms with van der Waals surface area (Å²) in [5, 5.41) is 5.52. The van der Waals surface area contributed by atoms with Crippen LogP contribution in [0, 0.1) is 6.92 Å². The summed E-state index contributed by atoms with van der Waals surface area (Å²) < 4.78 is 0. The fraction of sp³-hybridized carbons (Fsp3) is 0.120. The molecule has 0 aliphatic heterocycles. The first-order valence-corrected chi connectivity index (χ1v) is 9.02. The van der Waals surface area contributed by atoms with E-state index in [1.54, 1.807) is 0 Å². The van der Waals surface area contributed by atoms with Gasteiger partial charge in [0.2, 0.25) is 0 Å². The van der Waals surface area contributed by atoms with Crippen LogP contribution in [0.3, 0.4) is 0 Å². The summed E-state index contributed by atoms with van der Waals surface area (Å²) in [4.78, 5) is 0. The highest BCUT2D eigenvalue weighted by atomic mass is 14.2. The average molecular weight is 320 g/mol. The van der Waals surface area contributed by atoms with Gasteiger partial charge in [0.05, 0.1) is 0 Å². The van der Waals surface area contributed by atoms with Gasteiger partial charge in [0.1, 0.15) is 0 Å². The number of benzene rings is 4. The van der Waals surface area contributed by atoms with Crippen molar-refractivity contribution in [3.05, 3.63) is 89.5 Å². The molecular weight excluding hydrogens is 300 g/mol. The SMILES string of the molecule is Cc1ccc(-c2ccc3c4c(c5ccccc5c3c2)CCC=C4)cc1. The maximum absolute atomic E-state index is 2.37. The summed E-state index contributed by atoms with van der Waals surface area (Å²) in [7, 11) is 0. The molecule has 0 bridgehead atoms. The minimum Gasteiger partial charge on any atom is -0.0836 e. The molecule has 0 heteroatoms. The van der Waals surface area contributed by atoms with Gasteiger partial charge >= 0.3 is 0 Å². The summed E-state index contributed by atoms with van der Waals surface area (Å²) in [6, 6.07) is 24.6. The molecule has 0 spiro atoms. The Bertz CT molecular complexity index is 1130. The quantitative estimate of drug-likeness (QED) is 0.334. The number of aryl methyl sites for hydroxylation is 2. The molecule has 4 aromatic carbocycles. The van der Waals surface area contributed by atoms with E-state index < -0.39 is 0 Å². The summed E-state index contributed by atoms with van der Waals surface area (Å²) in [5.74, 6) is 0. The van der Waals surface area contributed by atoms with Crippen LogP contribution in [0.15, 0.2) is 72.8 Å². The molecule has 0 saturated carbocycles. The smallest absolute Gasteiger partial charge is 0.00930 e. The zero-order valence-electron chi connectivity index (χ0n) is 14.4. The molecule has 0 unspecified atom stereocenters. The summed E-state index contributed by atoms with van der Waals surface area (Å²) in [6.07, 6.45) is 6.91. The van der Waals surface area contributed by atoms with Gasteiger partial charge in [0.15, 0.2) is 0 Å². The van der Waals surface area contributed by atoms with E-state index in [0.717, 1.165) is 12.8 Å². The first-order chi connectivity index (χ1) is 12.3. The third kappa shape index (κ3) is 2.29. The molecule has 0 aromatic heterocycles. The Morgan fingerprint density at radius 1 is 0.680 bits per heavy atom. The van der Waals surface area contributed by atoms with Gasteiger partial charge in [-0.1, -0.05) is 78.4 Å². The maximum atomic E-state index is 2.37. The second-order valence-corrected chi connectivity index (χ2v) is 7.01. The van der Waals surface area contributed by atoms with Crippen LogP contribution in [0.2, 0.25) is 0 Å². The van der Waals surface area contributed by atoms with Crippen molar-refractivity contribution in [1.82, 2.24) is 0 Å². The first kappa shape index (κ1) is 14.5. The van der Waals surface area contributed by atoms with E-state index in [2.05, 4.69) is 85.8 Å². The largest absolute Gasteiger partial charge is 0.0836 e. The number of fused-ring (bicyclic) bond motifs is 6. The van der Waals surface area contributed by atoms with Crippen molar-refractivity contribution in [2.75, 3.05) is 0 Å². The molecule has 0 saturated heterocycles. The Kier molecular flexibility index (Phi) is 3.24. The Balaban J connectivity index is 1.86. The normalized spacial score (nSPS) is 13.3. The highest BCUT2D eigenvalue weighted by molar-refractivity contribution is 6.14. The van der Waals surface area contributed by atoms with Crippen molar-refractivity contribution in [3.8, 4) is 11.1 Å². The Morgan fingerprint density at radius 3 is 2.28 bits per heavy atom. The lowest BCUT2D eigenvalue weighted by molar-refractivity contribution is 1.00. The molecule has 0 N–H and O–H groups in total. The third-order valence-electron chi connectivity index (χ3n) is 5.41. The molecule has 25 heavy (non-hydrogen) atoms. The van der Waals surface area contributed by atoms with E-state index >= 15 is 0 Å². The van der Waals surface area contributed by atoms with Crippen molar-refractivity contribution >= 4 is 27.6 Å². The third-order valence-corrected chi connectivity index (χ3v) is 5.41. The predicted molar refractivity (Wildman–Crippen MR) is 109 cm³/mol. The van der Waals surface area contributed by atoms with Crippen molar-refractivity contribution in [2.45, 2.75) is 19.8 Å². The summed E-state index contributed by atoms with van der Waals surface area (Å²) in [5.41, 5.74) is 6.79. The molecule has 120 valence electrons. The Hall–Kier alpha value is -2.86. The average Bonchev–Trinajstić information content (AvgIpc) is 2.68. The van der Waals surface area contributed by atoms with Crippen molar-refractivity contribution in [1.29, 1.82) is 0 Å². The number of rotatable bonds is 1. The highest BCUT2D eigenvalue weighted by Crippen LogP contribution is 2.38. The fourth-order valence-corrected chi connectivity index (χ4v) is 4.10. The number of hydrogen-bond donors (Lipinski definition) is 0. The monoisotopic (exact) mass is 320 g/mol. The van der Waals surface area contributed by atoms with Crippen LogP contribution in [0.25, 0.3) is 38.7 Å². The molecule has 0 amide bonds. The van der Waals surface area contributed by atoms with E-state index in [-0.39, 0.29) is 0 Å². The van der Waals surface area contributed by atoms with E-state index in [0.29, 0.717) is 0 Å². The van der Waals surface area contributed by atoms with Crippen molar-refractivity contribution < 1.29 is 0 Å². The molecular formula is C25H20. The van der Waals surface area contributed by atoms with E-state index in [1.165, 1.54) is 49.4 Å². The minimum atomic E-state index is 1.14. The van der Waals surface area contributed by atoms with Crippen molar-refractivity contribution in [3.63, 3.8) is 0 Å². The van der Waals surface area contributed by atoms with Gasteiger partial charge < -0.3 is 0 Å². The van der Waals surface area contributed by atoms with Crippen molar-refractivity contribution in [2.24, 2.45) is 0 Å². The minimum absolute atomic E-state index is 1.14. The second kappa shape index (κ2) is 5.60. The van der Waals surface area contributed by atoms with Crippen LogP contribution in [0.5, 0.6) is 0 Å². The predicted octanol–water partition coefficient (Wildman–Crippen LogP) is 6.93. The molecule has 1 aliphatic rings. The standard InChI is InChI=1S/C25H20/c1-17-10-12-18(13-11-17)19-14-15-24-22-8-3-2-6-20(22)21-7-4-5-9-23(21)25(24)16-19/h3-5,7-16H,2,6H2,1H3. The van der Waals surface area contributed by atoms with Crippen LogP contribution >= 0.6 is 0 Å². The first-order valence-electron chi connectivity index (χ1n) is 9.02. The van der Waals surface area contributed by atoms with Gasteiger partial charge in [-0.3, -0.25) is 0 Å². The lowest BCUT2D eigenvalue weighted by Gasteiger charge is -2.18. The second-order valence-electron chi connectivity index (χ2n) is 7.01. The zero-order valence-corrected chi connectivity index (χ0v) is 14.4. The highest BCUT2D eigenvalue weighted by Gasteiger charge is 2.14. The molecule has 5 rings (SSSR count). The lowest BCUT2D eigenvalue weighted by atomic mass is 9.86. The molecule has 0 nitrogen and oxygen atoms in total. The van der Waals surface area contributed by atoms with Crippen LogP contribution < -0.4 is 0 Å². The molecule has 0 heterocycles. The molecule has 1 aliphatic carbocycles. The lowest BCUT2D eigenvalue weighted by Crippen LogP contribution is -1.97.